The van der Waals surface area contributed by atoms with Gasteiger partial charge in [0.2, 0.25) is 0 Å². The van der Waals surface area contributed by atoms with Crippen LogP contribution in [0.2, 0.25) is 10.0 Å². The fourth-order valence-corrected chi connectivity index (χ4v) is 3.59. The van der Waals surface area contributed by atoms with Gasteiger partial charge in [-0.15, -0.1) is 0 Å². The minimum atomic E-state index is -0.561. The van der Waals surface area contributed by atoms with Gasteiger partial charge in [0.25, 0.3) is 5.91 Å². The van der Waals surface area contributed by atoms with Crippen LogP contribution in [0.25, 0.3) is 10.9 Å². The summed E-state index contributed by atoms with van der Waals surface area (Å²) < 4.78 is 6.40. The highest BCUT2D eigenvalue weighted by molar-refractivity contribution is 6.31. The van der Waals surface area contributed by atoms with Crippen molar-refractivity contribution in [1.29, 1.82) is 0 Å². The third kappa shape index (κ3) is 4.52. The monoisotopic (exact) mass is 431 g/mol. The Kier molecular flexibility index (Phi) is 6.40. The Morgan fingerprint density at radius 3 is 2.31 bits per heavy atom. The van der Waals surface area contributed by atoms with E-state index in [2.05, 4.69) is 0 Å². The van der Waals surface area contributed by atoms with E-state index in [1.165, 1.54) is 0 Å². The van der Waals surface area contributed by atoms with Gasteiger partial charge in [-0.05, 0) is 61.9 Å². The molecule has 0 aliphatic heterocycles. The summed E-state index contributed by atoms with van der Waals surface area (Å²) in [4.78, 5) is 37.2. The summed E-state index contributed by atoms with van der Waals surface area (Å²) in [5, 5.41) is 1.73. The maximum absolute atomic E-state index is 13.2. The summed E-state index contributed by atoms with van der Waals surface area (Å²) >= 11 is 12.1. The van der Waals surface area contributed by atoms with Crippen LogP contribution in [-0.2, 0) is 20.7 Å². The first kappa shape index (κ1) is 21.1. The second-order valence-electron chi connectivity index (χ2n) is 6.57. The van der Waals surface area contributed by atoms with Crippen LogP contribution in [0, 0.1) is 6.92 Å². The molecule has 0 bridgehead atoms. The molecule has 0 fully saturated rings. The number of Topliss-reactive ketones (excluding diaryl/α,β-unsaturated/α-hetero) is 1. The molecule has 1 aromatic heterocycles. The molecule has 0 saturated heterocycles. The molecule has 29 heavy (non-hydrogen) atoms. The van der Waals surface area contributed by atoms with E-state index in [-0.39, 0.29) is 31.1 Å². The number of halogens is 2. The molecule has 0 N–H and O–H groups in total. The van der Waals surface area contributed by atoms with Gasteiger partial charge >= 0.3 is 5.97 Å². The van der Waals surface area contributed by atoms with Crippen molar-refractivity contribution in [2.24, 2.45) is 0 Å². The van der Waals surface area contributed by atoms with Crippen LogP contribution >= 0.6 is 23.2 Å². The Labute approximate surface area is 178 Å². The lowest BCUT2D eigenvalue weighted by Gasteiger charge is -2.08. The van der Waals surface area contributed by atoms with Crippen molar-refractivity contribution in [3.8, 4) is 0 Å². The summed E-state index contributed by atoms with van der Waals surface area (Å²) in [5.41, 5.74) is 2.40. The van der Waals surface area contributed by atoms with Gasteiger partial charge in [-0.25, -0.2) is 0 Å². The fourth-order valence-electron chi connectivity index (χ4n) is 3.29. The van der Waals surface area contributed by atoms with E-state index in [9.17, 15) is 14.4 Å². The van der Waals surface area contributed by atoms with E-state index < -0.39 is 5.97 Å². The lowest BCUT2D eigenvalue weighted by molar-refractivity contribution is -0.145. The van der Waals surface area contributed by atoms with Crippen LogP contribution in [0.1, 0.15) is 35.0 Å². The molecular formula is C22H19Cl2NO4. The number of benzene rings is 2. The van der Waals surface area contributed by atoms with Gasteiger partial charge in [-0.3, -0.25) is 19.0 Å². The predicted octanol–water partition coefficient (Wildman–Crippen LogP) is 5.01. The average molecular weight is 432 g/mol. The highest BCUT2D eigenvalue weighted by Crippen LogP contribution is 2.30. The molecule has 0 spiro atoms. The van der Waals surface area contributed by atoms with Crippen molar-refractivity contribution in [3.05, 3.63) is 69.3 Å². The van der Waals surface area contributed by atoms with Gasteiger partial charge in [-0.2, -0.15) is 0 Å². The summed E-state index contributed by atoms with van der Waals surface area (Å²) in [6.45, 7) is 3.68. The van der Waals surface area contributed by atoms with Crippen LogP contribution < -0.4 is 0 Å². The van der Waals surface area contributed by atoms with Gasteiger partial charge in [0.05, 0.1) is 12.1 Å². The zero-order valence-corrected chi connectivity index (χ0v) is 17.5. The van der Waals surface area contributed by atoms with Gasteiger partial charge in [0, 0.05) is 33.1 Å². The molecular weight excluding hydrogens is 413 g/mol. The highest BCUT2D eigenvalue weighted by atomic mass is 35.5. The molecule has 5 nitrogen and oxygen atoms in total. The van der Waals surface area contributed by atoms with Gasteiger partial charge in [0.1, 0.15) is 12.2 Å². The van der Waals surface area contributed by atoms with Gasteiger partial charge in [0.15, 0.2) is 0 Å². The Morgan fingerprint density at radius 1 is 1.00 bits per heavy atom. The fraction of sp³-hybridized carbons (Fsp3) is 0.227. The van der Waals surface area contributed by atoms with Crippen molar-refractivity contribution < 1.29 is 19.1 Å². The van der Waals surface area contributed by atoms with E-state index in [0.717, 1.165) is 0 Å². The third-order valence-electron chi connectivity index (χ3n) is 4.61. The van der Waals surface area contributed by atoms with Crippen LogP contribution in [0.5, 0.6) is 0 Å². The molecule has 3 aromatic rings. The van der Waals surface area contributed by atoms with E-state index in [1.807, 2.05) is 0 Å². The minimum absolute atomic E-state index is 0.00237. The number of ketones is 1. The Bertz CT molecular complexity index is 1100. The van der Waals surface area contributed by atoms with Gasteiger partial charge < -0.3 is 4.74 Å². The topological polar surface area (TPSA) is 65.4 Å². The number of rotatable bonds is 6. The molecule has 7 heteroatoms. The number of carbonyl (C=O) groups excluding carboxylic acids is 3. The second-order valence-corrected chi connectivity index (χ2v) is 7.44. The van der Waals surface area contributed by atoms with Gasteiger partial charge in [-0.1, -0.05) is 23.2 Å². The number of aromatic nitrogens is 1. The molecule has 150 valence electrons. The molecule has 0 radical (unpaired) electrons. The van der Waals surface area contributed by atoms with Crippen molar-refractivity contribution in [3.63, 3.8) is 0 Å². The maximum Gasteiger partial charge on any atom is 0.313 e. The Morgan fingerprint density at radius 2 is 1.66 bits per heavy atom. The van der Waals surface area contributed by atoms with E-state index >= 15 is 0 Å². The molecule has 0 aliphatic rings. The molecule has 0 atom stereocenters. The number of carbonyl (C=O) groups is 3. The minimum Gasteiger partial charge on any atom is -0.466 e. The summed E-state index contributed by atoms with van der Waals surface area (Å²) in [7, 11) is 0. The third-order valence-corrected chi connectivity index (χ3v) is 5.10. The quantitative estimate of drug-likeness (QED) is 0.406. The summed E-state index contributed by atoms with van der Waals surface area (Å²) in [6.07, 6.45) is -0.311. The SMILES string of the molecule is CCOC(=O)CC(=O)Cc1c(C)n(C(=O)c2ccc(Cl)cc2)c2ccc(Cl)cc12. The first-order valence-corrected chi connectivity index (χ1v) is 9.84. The van der Waals surface area contributed by atoms with E-state index in [1.54, 1.807) is 60.9 Å². The standard InChI is InChI=1S/C22H19Cl2NO4/c1-3-29-21(27)12-17(26)11-18-13(2)25(20-9-8-16(24)10-19(18)20)22(28)14-4-6-15(23)7-5-14/h4-10H,3,11-12H2,1-2H3. The number of esters is 1. The number of hydrogen-bond acceptors (Lipinski definition) is 4. The summed E-state index contributed by atoms with van der Waals surface area (Å²) in [5.74, 6) is -1.09. The number of ether oxygens (including phenoxy) is 1. The second kappa shape index (κ2) is 8.80. The normalized spacial score (nSPS) is 10.9. The highest BCUT2D eigenvalue weighted by Gasteiger charge is 2.22. The molecule has 1 heterocycles. The smallest absolute Gasteiger partial charge is 0.313 e. The Balaban J connectivity index is 2.04. The zero-order valence-electron chi connectivity index (χ0n) is 16.0. The largest absolute Gasteiger partial charge is 0.466 e. The molecule has 0 saturated carbocycles. The molecule has 2 aromatic carbocycles. The van der Waals surface area contributed by atoms with Crippen molar-refractivity contribution in [2.75, 3.05) is 6.61 Å². The van der Waals surface area contributed by atoms with Crippen LogP contribution in [-0.4, -0.2) is 28.8 Å². The maximum atomic E-state index is 13.2. The number of hydrogen-bond donors (Lipinski definition) is 0. The van der Waals surface area contributed by atoms with E-state index in [0.29, 0.717) is 37.8 Å². The van der Waals surface area contributed by atoms with Crippen molar-refractivity contribution in [1.82, 2.24) is 4.57 Å². The molecule has 3 rings (SSSR count). The van der Waals surface area contributed by atoms with E-state index in [4.69, 9.17) is 27.9 Å². The first-order valence-electron chi connectivity index (χ1n) is 9.08. The molecule has 0 unspecified atom stereocenters. The first-order chi connectivity index (χ1) is 13.8. The molecule has 0 aliphatic carbocycles. The summed E-state index contributed by atoms with van der Waals surface area (Å²) in [6, 6.07) is 11.8. The zero-order chi connectivity index (χ0) is 21.1. The Hall–Kier alpha value is -2.63. The lowest BCUT2D eigenvalue weighted by atomic mass is 10.0. The predicted molar refractivity (Wildman–Crippen MR) is 113 cm³/mol. The lowest BCUT2D eigenvalue weighted by Crippen LogP contribution is -2.15. The number of nitrogens with zero attached hydrogens (tertiary/aromatic N) is 1. The van der Waals surface area contributed by atoms with Crippen molar-refractivity contribution >= 4 is 51.8 Å². The van der Waals surface area contributed by atoms with Crippen LogP contribution in [0.15, 0.2) is 42.5 Å². The molecule has 0 amide bonds. The van der Waals surface area contributed by atoms with Crippen LogP contribution in [0.3, 0.4) is 0 Å². The van der Waals surface area contributed by atoms with Crippen molar-refractivity contribution in [2.45, 2.75) is 26.7 Å². The number of fused-ring (bicyclic) bond motifs is 1. The average Bonchev–Trinajstić information content (AvgIpc) is 2.93. The van der Waals surface area contributed by atoms with Crippen LogP contribution in [0.4, 0.5) is 0 Å².